The summed E-state index contributed by atoms with van der Waals surface area (Å²) in [5, 5.41) is 11.3. The van der Waals surface area contributed by atoms with Gasteiger partial charge in [0.25, 0.3) is 0 Å². The van der Waals surface area contributed by atoms with Gasteiger partial charge in [-0.3, -0.25) is 9.78 Å². The van der Waals surface area contributed by atoms with Gasteiger partial charge in [-0.05, 0) is 84.1 Å². The van der Waals surface area contributed by atoms with E-state index in [1.165, 1.54) is 5.56 Å². The Morgan fingerprint density at radius 3 is 2.38 bits per heavy atom. The van der Waals surface area contributed by atoms with Crippen molar-refractivity contribution in [2.45, 2.75) is 25.7 Å². The highest BCUT2D eigenvalue weighted by Gasteiger charge is 2.14. The van der Waals surface area contributed by atoms with Crippen molar-refractivity contribution < 1.29 is 4.79 Å². The number of carbonyl (C=O) groups is 1. The molecule has 0 spiro atoms. The van der Waals surface area contributed by atoms with E-state index in [1.807, 2.05) is 53.2 Å². The standard InChI is InChI=1S/C30H26Cl2N4O/c31-25-16-24(17-26(32)19-25)29-20-28(9-10-30(37)34-13-3-4-21-11-14-33-15-12-21)36(35-29)27-8-7-22-5-1-2-6-23(22)18-27/h1-2,5-8,11-12,14-20H,3-4,9-10,13H2,(H,34,37). The van der Waals surface area contributed by atoms with Crippen LogP contribution in [0, 0.1) is 0 Å². The third kappa shape index (κ3) is 6.37. The van der Waals surface area contributed by atoms with E-state index in [0.29, 0.717) is 29.4 Å². The van der Waals surface area contributed by atoms with E-state index in [9.17, 15) is 4.79 Å². The summed E-state index contributed by atoms with van der Waals surface area (Å²) in [4.78, 5) is 16.7. The normalized spacial score (nSPS) is 11.1. The quantitative estimate of drug-likeness (QED) is 0.208. The Morgan fingerprint density at radius 1 is 0.838 bits per heavy atom. The molecule has 1 amide bonds. The van der Waals surface area contributed by atoms with Gasteiger partial charge >= 0.3 is 0 Å². The zero-order chi connectivity index (χ0) is 25.6. The molecule has 2 heterocycles. The maximum Gasteiger partial charge on any atom is 0.220 e. The minimum atomic E-state index is 0.0216. The maximum absolute atomic E-state index is 12.6. The molecule has 0 aliphatic carbocycles. The first-order valence-electron chi connectivity index (χ1n) is 12.3. The maximum atomic E-state index is 12.6. The number of amides is 1. The number of benzene rings is 3. The molecule has 0 saturated carbocycles. The van der Waals surface area contributed by atoms with Crippen molar-refractivity contribution in [2.24, 2.45) is 0 Å². The first-order chi connectivity index (χ1) is 18.0. The lowest BCUT2D eigenvalue weighted by Gasteiger charge is -2.09. The van der Waals surface area contributed by atoms with Crippen LogP contribution < -0.4 is 5.32 Å². The third-order valence-corrected chi connectivity index (χ3v) is 6.68. The number of fused-ring (bicyclic) bond motifs is 1. The second-order valence-corrected chi connectivity index (χ2v) is 9.80. The molecular weight excluding hydrogens is 503 g/mol. The van der Waals surface area contributed by atoms with Crippen LogP contribution in [-0.4, -0.2) is 27.2 Å². The molecule has 2 aromatic heterocycles. The Morgan fingerprint density at radius 2 is 1.59 bits per heavy atom. The fourth-order valence-electron chi connectivity index (χ4n) is 4.37. The first kappa shape index (κ1) is 25.0. The van der Waals surface area contributed by atoms with Gasteiger partial charge in [0.1, 0.15) is 0 Å². The summed E-state index contributed by atoms with van der Waals surface area (Å²) in [5.74, 6) is 0.0216. The molecule has 1 N–H and O–H groups in total. The molecule has 186 valence electrons. The smallest absolute Gasteiger partial charge is 0.220 e. The highest BCUT2D eigenvalue weighted by atomic mass is 35.5. The molecule has 5 nitrogen and oxygen atoms in total. The number of halogens is 2. The van der Waals surface area contributed by atoms with E-state index in [2.05, 4.69) is 34.6 Å². The second-order valence-electron chi connectivity index (χ2n) is 8.93. The third-order valence-electron chi connectivity index (χ3n) is 6.24. The molecule has 7 heteroatoms. The lowest BCUT2D eigenvalue weighted by molar-refractivity contribution is -0.121. The molecule has 37 heavy (non-hydrogen) atoms. The largest absolute Gasteiger partial charge is 0.356 e. The lowest BCUT2D eigenvalue weighted by Crippen LogP contribution is -2.25. The average Bonchev–Trinajstić information content (AvgIpc) is 3.34. The Kier molecular flexibility index (Phi) is 7.83. The van der Waals surface area contributed by atoms with Gasteiger partial charge in [-0.1, -0.05) is 53.5 Å². The Bertz CT molecular complexity index is 1510. The molecule has 0 bridgehead atoms. The number of nitrogens with one attached hydrogen (secondary N) is 1. The molecule has 5 rings (SSSR count). The van der Waals surface area contributed by atoms with Crippen molar-refractivity contribution in [3.8, 4) is 16.9 Å². The topological polar surface area (TPSA) is 59.8 Å². The number of hydrogen-bond donors (Lipinski definition) is 1. The summed E-state index contributed by atoms with van der Waals surface area (Å²) in [6.07, 6.45) is 6.28. The van der Waals surface area contributed by atoms with Crippen molar-refractivity contribution in [3.63, 3.8) is 0 Å². The molecule has 0 aliphatic heterocycles. The fourth-order valence-corrected chi connectivity index (χ4v) is 4.90. The van der Waals surface area contributed by atoms with Gasteiger partial charge in [0.2, 0.25) is 5.91 Å². The SMILES string of the molecule is O=C(CCc1cc(-c2cc(Cl)cc(Cl)c2)nn1-c1ccc2ccccc2c1)NCCCc1ccncc1. The predicted molar refractivity (Wildman–Crippen MR) is 150 cm³/mol. The number of aromatic nitrogens is 3. The average molecular weight is 529 g/mol. The Balaban J connectivity index is 1.33. The number of hydrogen-bond acceptors (Lipinski definition) is 3. The van der Waals surface area contributed by atoms with Crippen molar-refractivity contribution >= 4 is 39.9 Å². The zero-order valence-corrected chi connectivity index (χ0v) is 21.7. The monoisotopic (exact) mass is 528 g/mol. The van der Waals surface area contributed by atoms with Crippen molar-refractivity contribution in [3.05, 3.63) is 113 Å². The van der Waals surface area contributed by atoms with Gasteiger partial charge in [0, 0.05) is 46.7 Å². The number of nitrogens with zero attached hydrogens (tertiary/aromatic N) is 3. The molecule has 5 aromatic rings. The van der Waals surface area contributed by atoms with Crippen LogP contribution in [-0.2, 0) is 17.6 Å². The van der Waals surface area contributed by atoms with Gasteiger partial charge in [0.15, 0.2) is 0 Å². The minimum absolute atomic E-state index is 0.0216. The van der Waals surface area contributed by atoms with Crippen LogP contribution in [0.15, 0.2) is 91.3 Å². The summed E-state index contributed by atoms with van der Waals surface area (Å²) in [6.45, 7) is 0.636. The van der Waals surface area contributed by atoms with Gasteiger partial charge < -0.3 is 5.32 Å². The van der Waals surface area contributed by atoms with Crippen LogP contribution in [0.2, 0.25) is 10.0 Å². The van der Waals surface area contributed by atoms with Crippen LogP contribution in [0.4, 0.5) is 0 Å². The summed E-state index contributed by atoms with van der Waals surface area (Å²) in [6, 6.07) is 25.9. The second kappa shape index (κ2) is 11.6. The Hall–Kier alpha value is -3.67. The van der Waals surface area contributed by atoms with E-state index in [0.717, 1.165) is 46.3 Å². The predicted octanol–water partition coefficient (Wildman–Crippen LogP) is 7.08. The van der Waals surface area contributed by atoms with E-state index < -0.39 is 0 Å². The molecule has 0 saturated heterocycles. The van der Waals surface area contributed by atoms with Crippen LogP contribution in [0.1, 0.15) is 24.1 Å². The highest BCUT2D eigenvalue weighted by molar-refractivity contribution is 6.35. The van der Waals surface area contributed by atoms with Crippen molar-refractivity contribution in [1.29, 1.82) is 0 Å². The van der Waals surface area contributed by atoms with E-state index >= 15 is 0 Å². The number of aryl methyl sites for hydroxylation is 2. The molecule has 0 atom stereocenters. The molecule has 0 aliphatic rings. The summed E-state index contributed by atoms with van der Waals surface area (Å²) in [5.41, 5.74) is 4.68. The van der Waals surface area contributed by atoms with Crippen LogP contribution in [0.3, 0.4) is 0 Å². The number of rotatable bonds is 9. The molecular formula is C30H26Cl2N4O. The van der Waals surface area contributed by atoms with Gasteiger partial charge in [0.05, 0.1) is 11.4 Å². The fraction of sp³-hybridized carbons (Fsp3) is 0.167. The van der Waals surface area contributed by atoms with Crippen molar-refractivity contribution in [2.75, 3.05) is 6.54 Å². The first-order valence-corrected chi connectivity index (χ1v) is 13.0. The Labute approximate surface area is 226 Å². The molecule has 0 unspecified atom stereocenters. The van der Waals surface area contributed by atoms with Crippen molar-refractivity contribution in [1.82, 2.24) is 20.1 Å². The van der Waals surface area contributed by atoms with Gasteiger partial charge in [-0.25, -0.2) is 4.68 Å². The summed E-state index contributed by atoms with van der Waals surface area (Å²) >= 11 is 12.5. The summed E-state index contributed by atoms with van der Waals surface area (Å²) in [7, 11) is 0. The minimum Gasteiger partial charge on any atom is -0.356 e. The van der Waals surface area contributed by atoms with Crippen LogP contribution in [0.5, 0.6) is 0 Å². The van der Waals surface area contributed by atoms with Gasteiger partial charge in [-0.2, -0.15) is 5.10 Å². The number of pyridine rings is 1. The van der Waals surface area contributed by atoms with Crippen LogP contribution >= 0.6 is 23.2 Å². The molecule has 3 aromatic carbocycles. The molecule has 0 fully saturated rings. The van der Waals surface area contributed by atoms with Crippen LogP contribution in [0.25, 0.3) is 27.7 Å². The van der Waals surface area contributed by atoms with E-state index in [-0.39, 0.29) is 5.91 Å². The van der Waals surface area contributed by atoms with Gasteiger partial charge in [-0.15, -0.1) is 0 Å². The van der Waals surface area contributed by atoms with E-state index in [1.54, 1.807) is 18.5 Å². The zero-order valence-electron chi connectivity index (χ0n) is 20.2. The number of carbonyl (C=O) groups excluding carboxylic acids is 1. The summed E-state index contributed by atoms with van der Waals surface area (Å²) < 4.78 is 1.91. The molecule has 0 radical (unpaired) electrons. The lowest BCUT2D eigenvalue weighted by atomic mass is 10.1. The highest BCUT2D eigenvalue weighted by Crippen LogP contribution is 2.29. The van der Waals surface area contributed by atoms with E-state index in [4.69, 9.17) is 28.3 Å².